The minimum Gasteiger partial charge on any atom is -0.493 e. The largest absolute Gasteiger partial charge is 0.493 e. The summed E-state index contributed by atoms with van der Waals surface area (Å²) in [6, 6.07) is 11.2. The maximum atomic E-state index is 12.1. The number of pyridine rings is 1. The second-order valence-electron chi connectivity index (χ2n) is 6.98. The van der Waals surface area contributed by atoms with Crippen LogP contribution in [0.5, 0.6) is 11.5 Å². The second kappa shape index (κ2) is 8.31. The van der Waals surface area contributed by atoms with Gasteiger partial charge in [-0.15, -0.1) is 0 Å². The third kappa shape index (κ3) is 4.61. The van der Waals surface area contributed by atoms with Gasteiger partial charge in [-0.2, -0.15) is 0 Å². The summed E-state index contributed by atoms with van der Waals surface area (Å²) in [4.78, 5) is 16.6. The van der Waals surface area contributed by atoms with Gasteiger partial charge in [0.25, 0.3) is 0 Å². The summed E-state index contributed by atoms with van der Waals surface area (Å²) in [6.07, 6.45) is 6.40. The number of benzene rings is 1. The Balaban J connectivity index is 1.38. The lowest BCUT2D eigenvalue weighted by Crippen LogP contribution is -2.29. The molecule has 1 aliphatic rings. The molecule has 7 nitrogen and oxygen atoms in total. The van der Waals surface area contributed by atoms with E-state index in [1.165, 1.54) is 12.8 Å². The number of nitrogens with one attached hydrogen (secondary N) is 2. The summed E-state index contributed by atoms with van der Waals surface area (Å²) in [7, 11) is 1.59. The number of imidazole rings is 1. The molecular formula is C21H24N4O3. The van der Waals surface area contributed by atoms with Gasteiger partial charge in [-0.1, -0.05) is 6.07 Å². The van der Waals surface area contributed by atoms with Crippen LogP contribution >= 0.6 is 0 Å². The summed E-state index contributed by atoms with van der Waals surface area (Å²) in [6.45, 7) is 1.52. The highest BCUT2D eigenvalue weighted by molar-refractivity contribution is 5.92. The van der Waals surface area contributed by atoms with Gasteiger partial charge < -0.3 is 24.5 Å². The van der Waals surface area contributed by atoms with Crippen LogP contribution in [0.2, 0.25) is 0 Å². The summed E-state index contributed by atoms with van der Waals surface area (Å²) in [5.41, 5.74) is 2.35. The number of rotatable bonds is 9. The number of aromatic nitrogens is 2. The molecule has 1 aromatic carbocycles. The van der Waals surface area contributed by atoms with Gasteiger partial charge in [0.05, 0.1) is 19.3 Å². The Hall–Kier alpha value is -3.06. The van der Waals surface area contributed by atoms with Crippen molar-refractivity contribution in [3.63, 3.8) is 0 Å². The molecule has 0 atom stereocenters. The molecule has 3 aromatic rings. The first-order valence-corrected chi connectivity index (χ1v) is 9.45. The number of nitrogens with zero attached hydrogens (tertiary/aromatic N) is 2. The standard InChI is InChI=1S/C21H24N4O3/c1-27-18-8-7-16(24-21(26)12-22-11-15-5-6-15)10-19(18)28-14-17-13-25-9-3-2-4-20(25)23-17/h2-4,7-10,13,15,22H,5-6,11-12,14H2,1H3,(H,24,26). The van der Waals surface area contributed by atoms with Crippen molar-refractivity contribution < 1.29 is 14.3 Å². The first kappa shape index (κ1) is 18.3. The lowest BCUT2D eigenvalue weighted by molar-refractivity contribution is -0.115. The molecule has 0 spiro atoms. The van der Waals surface area contributed by atoms with E-state index in [1.807, 2.05) is 35.0 Å². The molecule has 4 rings (SSSR count). The van der Waals surface area contributed by atoms with E-state index in [-0.39, 0.29) is 5.91 Å². The quantitative estimate of drug-likeness (QED) is 0.597. The molecule has 1 fully saturated rings. The molecule has 0 radical (unpaired) electrons. The van der Waals surface area contributed by atoms with Crippen LogP contribution in [0.15, 0.2) is 48.8 Å². The van der Waals surface area contributed by atoms with Gasteiger partial charge >= 0.3 is 0 Å². The maximum Gasteiger partial charge on any atom is 0.238 e. The average Bonchev–Trinajstić information content (AvgIpc) is 3.43. The zero-order valence-corrected chi connectivity index (χ0v) is 15.9. The molecular weight excluding hydrogens is 356 g/mol. The van der Waals surface area contributed by atoms with Crippen LogP contribution in [0, 0.1) is 5.92 Å². The van der Waals surface area contributed by atoms with E-state index in [2.05, 4.69) is 15.6 Å². The van der Waals surface area contributed by atoms with Gasteiger partial charge in [-0.05, 0) is 49.6 Å². The molecule has 2 heterocycles. The van der Waals surface area contributed by atoms with Crippen LogP contribution < -0.4 is 20.1 Å². The van der Waals surface area contributed by atoms with Gasteiger partial charge in [-0.25, -0.2) is 4.98 Å². The summed E-state index contributed by atoms with van der Waals surface area (Å²) >= 11 is 0. The molecule has 0 aliphatic heterocycles. The Morgan fingerprint density at radius 2 is 2.14 bits per heavy atom. The molecule has 146 valence electrons. The average molecular weight is 380 g/mol. The predicted molar refractivity (Wildman–Crippen MR) is 107 cm³/mol. The van der Waals surface area contributed by atoms with Crippen LogP contribution in [0.3, 0.4) is 0 Å². The Morgan fingerprint density at radius 1 is 1.25 bits per heavy atom. The number of carbonyl (C=O) groups is 1. The molecule has 1 aliphatic carbocycles. The third-order valence-corrected chi connectivity index (χ3v) is 4.65. The van der Waals surface area contributed by atoms with Crippen molar-refractivity contribution in [3.05, 3.63) is 54.5 Å². The molecule has 0 saturated heterocycles. The van der Waals surface area contributed by atoms with Crippen molar-refractivity contribution in [1.29, 1.82) is 0 Å². The van der Waals surface area contributed by atoms with Crippen LogP contribution in [-0.4, -0.2) is 35.5 Å². The number of amides is 1. The van der Waals surface area contributed by atoms with E-state index < -0.39 is 0 Å². The Labute approximate surface area is 163 Å². The third-order valence-electron chi connectivity index (χ3n) is 4.65. The van der Waals surface area contributed by atoms with Gasteiger partial charge in [0.2, 0.25) is 5.91 Å². The smallest absolute Gasteiger partial charge is 0.238 e. The molecule has 0 bridgehead atoms. The van der Waals surface area contributed by atoms with E-state index >= 15 is 0 Å². The highest BCUT2D eigenvalue weighted by atomic mass is 16.5. The molecule has 0 unspecified atom stereocenters. The highest BCUT2D eigenvalue weighted by Crippen LogP contribution is 2.31. The number of anilines is 1. The number of methoxy groups -OCH3 is 1. The van der Waals surface area contributed by atoms with E-state index in [1.54, 1.807) is 25.3 Å². The van der Waals surface area contributed by atoms with Gasteiger partial charge in [0.15, 0.2) is 11.5 Å². The Bertz CT molecular complexity index is 932. The van der Waals surface area contributed by atoms with E-state index in [0.717, 1.165) is 23.8 Å². The van der Waals surface area contributed by atoms with E-state index in [9.17, 15) is 4.79 Å². The summed E-state index contributed by atoms with van der Waals surface area (Å²) in [5, 5.41) is 6.08. The monoisotopic (exact) mass is 380 g/mol. The normalized spacial score (nSPS) is 13.5. The van der Waals surface area contributed by atoms with Gasteiger partial charge in [-0.3, -0.25) is 4.79 Å². The molecule has 2 N–H and O–H groups in total. The predicted octanol–water partition coefficient (Wildman–Crippen LogP) is 2.86. The highest BCUT2D eigenvalue weighted by Gasteiger charge is 2.20. The number of hydrogen-bond donors (Lipinski definition) is 2. The van der Waals surface area contributed by atoms with Gasteiger partial charge in [0.1, 0.15) is 12.3 Å². The van der Waals surface area contributed by atoms with Gasteiger partial charge in [0, 0.05) is 24.1 Å². The fourth-order valence-electron chi connectivity index (χ4n) is 2.99. The van der Waals surface area contributed by atoms with Crippen LogP contribution in [0.4, 0.5) is 5.69 Å². The topological polar surface area (TPSA) is 76.9 Å². The minimum absolute atomic E-state index is 0.0721. The van der Waals surface area contributed by atoms with E-state index in [4.69, 9.17) is 9.47 Å². The van der Waals surface area contributed by atoms with Crippen molar-refractivity contribution in [2.75, 3.05) is 25.5 Å². The molecule has 7 heteroatoms. The zero-order valence-electron chi connectivity index (χ0n) is 15.9. The molecule has 1 amide bonds. The summed E-state index contributed by atoms with van der Waals surface area (Å²) in [5.74, 6) is 1.84. The molecule has 28 heavy (non-hydrogen) atoms. The van der Waals surface area contributed by atoms with Crippen molar-refractivity contribution in [2.45, 2.75) is 19.4 Å². The van der Waals surface area contributed by atoms with Crippen molar-refractivity contribution in [3.8, 4) is 11.5 Å². The number of carbonyl (C=O) groups excluding carboxylic acids is 1. The zero-order chi connectivity index (χ0) is 19.3. The first-order chi connectivity index (χ1) is 13.7. The van der Waals surface area contributed by atoms with Crippen LogP contribution in [0.1, 0.15) is 18.5 Å². The Morgan fingerprint density at radius 3 is 2.93 bits per heavy atom. The number of hydrogen-bond acceptors (Lipinski definition) is 5. The van der Waals surface area contributed by atoms with Crippen LogP contribution in [0.25, 0.3) is 5.65 Å². The molecule has 2 aromatic heterocycles. The first-order valence-electron chi connectivity index (χ1n) is 9.45. The maximum absolute atomic E-state index is 12.1. The molecule has 1 saturated carbocycles. The number of fused-ring (bicyclic) bond motifs is 1. The number of ether oxygens (including phenoxy) is 2. The SMILES string of the molecule is COc1ccc(NC(=O)CNCC2CC2)cc1OCc1cn2ccccc2n1. The van der Waals surface area contributed by atoms with Crippen molar-refractivity contribution in [2.24, 2.45) is 5.92 Å². The fourth-order valence-corrected chi connectivity index (χ4v) is 2.99. The van der Waals surface area contributed by atoms with Crippen molar-refractivity contribution in [1.82, 2.24) is 14.7 Å². The lowest BCUT2D eigenvalue weighted by atomic mass is 10.2. The fraction of sp³-hybridized carbons (Fsp3) is 0.333. The van der Waals surface area contributed by atoms with Crippen LogP contribution in [-0.2, 0) is 11.4 Å². The van der Waals surface area contributed by atoms with E-state index in [0.29, 0.717) is 30.3 Å². The summed E-state index contributed by atoms with van der Waals surface area (Å²) < 4.78 is 13.2. The minimum atomic E-state index is -0.0721. The van der Waals surface area contributed by atoms with Crippen molar-refractivity contribution >= 4 is 17.2 Å². The Kier molecular flexibility index (Phi) is 5.43. The lowest BCUT2D eigenvalue weighted by Gasteiger charge is -2.12. The second-order valence-corrected chi connectivity index (χ2v) is 6.98.